The lowest BCUT2D eigenvalue weighted by atomic mass is 10.0. The molecule has 0 aliphatic carbocycles. The lowest BCUT2D eigenvalue weighted by Gasteiger charge is -2.15. The molecule has 2 aliphatic heterocycles. The van der Waals surface area contributed by atoms with E-state index in [2.05, 4.69) is 30.1 Å². The molecule has 18 nitrogen and oxygen atoms in total. The third kappa shape index (κ3) is 11.3. The van der Waals surface area contributed by atoms with Crippen LogP contribution in [0.1, 0.15) is 83.0 Å². The van der Waals surface area contributed by atoms with Crippen molar-refractivity contribution in [2.24, 2.45) is 0 Å². The van der Waals surface area contributed by atoms with Crippen molar-refractivity contribution >= 4 is 59.6 Å². The van der Waals surface area contributed by atoms with Gasteiger partial charge in [-0.1, -0.05) is 24.3 Å². The first kappa shape index (κ1) is 52.0. The smallest absolute Gasteiger partial charge is 0.475 e. The standard InChI is InChI=1S/2C24H25N5O3S.C2HF3O2/c1-16-23(17(2)30)14-26-29(16)15-19-13-22-21(9-10-25-24(22)27-19)18-5-7-20(8-6-18)33(31,32)28-11-3-4-12-28;1-16-23(17(2)30)15-28(27-16)14-19-13-22-21(9-10-25-24(22)26-19)18-5-7-20(8-6-18)33(31,32)29-11-3-4-12-29;3-2(4,5)1(6)7/h5-10,13-14H,3-4,11-12,15H2,1-2H3,(H,25,27);5-10,13,15H,3-4,11-12,14H2,1-2H3,(H,25,26);(H,6,7). The number of carboxylic acid groups (broad SMARTS) is 1. The van der Waals surface area contributed by atoms with E-state index in [9.17, 15) is 39.6 Å². The number of carbonyl (C=O) groups is 3. The van der Waals surface area contributed by atoms with Gasteiger partial charge in [0.15, 0.2) is 11.6 Å². The monoisotopic (exact) mass is 1040 g/mol. The van der Waals surface area contributed by atoms with Crippen molar-refractivity contribution in [1.29, 1.82) is 0 Å². The van der Waals surface area contributed by atoms with Crippen LogP contribution < -0.4 is 0 Å². The second-order valence-corrected chi connectivity index (χ2v) is 21.5. The number of nitrogens with one attached hydrogen (secondary N) is 2. The summed E-state index contributed by atoms with van der Waals surface area (Å²) in [4.78, 5) is 48.5. The Labute approximate surface area is 418 Å². The largest absolute Gasteiger partial charge is 0.490 e. The maximum absolute atomic E-state index is 12.8. The van der Waals surface area contributed by atoms with Crippen LogP contribution in [-0.4, -0.2) is 120 Å². The summed E-state index contributed by atoms with van der Waals surface area (Å²) in [5, 5.41) is 17.8. The molecule has 8 heterocycles. The second-order valence-electron chi connectivity index (χ2n) is 17.6. The first-order chi connectivity index (χ1) is 34.6. The Hall–Kier alpha value is -7.34. The van der Waals surface area contributed by atoms with Gasteiger partial charge in [-0.15, -0.1) is 0 Å². The summed E-state index contributed by atoms with van der Waals surface area (Å²) in [5.74, 6) is -2.77. The summed E-state index contributed by atoms with van der Waals surface area (Å²) < 4.78 is 89.7. The Morgan fingerprint density at radius 1 is 0.658 bits per heavy atom. The van der Waals surface area contributed by atoms with Crippen LogP contribution in [0.4, 0.5) is 13.2 Å². The second kappa shape index (κ2) is 21.0. The molecule has 2 fully saturated rings. The van der Waals surface area contributed by atoms with Crippen LogP contribution in [0.25, 0.3) is 44.3 Å². The number of rotatable bonds is 12. The summed E-state index contributed by atoms with van der Waals surface area (Å²) in [6.07, 6.45) is 5.40. The van der Waals surface area contributed by atoms with Gasteiger partial charge < -0.3 is 15.1 Å². The number of H-pyrrole nitrogens is 2. The molecule has 2 aromatic carbocycles. The fraction of sp³-hybridized carbons (Fsp3) is 0.300. The Balaban J connectivity index is 0.000000173. The van der Waals surface area contributed by atoms with E-state index in [1.54, 1.807) is 67.0 Å². The van der Waals surface area contributed by atoms with E-state index >= 15 is 0 Å². The maximum atomic E-state index is 12.8. The fourth-order valence-corrected chi connectivity index (χ4v) is 11.9. The molecule has 0 spiro atoms. The van der Waals surface area contributed by atoms with Gasteiger partial charge in [0.25, 0.3) is 0 Å². The van der Waals surface area contributed by atoms with Crippen LogP contribution in [0.15, 0.2) is 107 Å². The molecule has 10 rings (SSSR count). The number of sulfonamides is 2. The number of carboxylic acids is 1. The Kier molecular flexibility index (Phi) is 15.0. The van der Waals surface area contributed by atoms with E-state index < -0.39 is 32.2 Å². The number of benzene rings is 2. The van der Waals surface area contributed by atoms with E-state index in [1.807, 2.05) is 62.4 Å². The van der Waals surface area contributed by atoms with Gasteiger partial charge in [-0.25, -0.2) is 31.6 Å². The van der Waals surface area contributed by atoms with Gasteiger partial charge in [-0.2, -0.15) is 32.0 Å². The average Bonchev–Trinajstić information content (AvgIpc) is 4.22. The predicted octanol–water partition coefficient (Wildman–Crippen LogP) is 8.17. The van der Waals surface area contributed by atoms with Crippen LogP contribution in [0.5, 0.6) is 0 Å². The van der Waals surface area contributed by atoms with E-state index in [0.29, 0.717) is 65.9 Å². The molecule has 0 bridgehead atoms. The third-order valence-electron chi connectivity index (χ3n) is 12.6. The van der Waals surface area contributed by atoms with E-state index in [4.69, 9.17) is 9.90 Å². The highest BCUT2D eigenvalue weighted by atomic mass is 32.2. The number of ketones is 2. The Bertz CT molecular complexity index is 3560. The first-order valence-electron chi connectivity index (χ1n) is 23.1. The molecule has 0 unspecified atom stereocenters. The van der Waals surface area contributed by atoms with Crippen molar-refractivity contribution in [3.8, 4) is 22.3 Å². The Morgan fingerprint density at radius 3 is 1.47 bits per heavy atom. The topological polar surface area (TPSA) is 239 Å². The van der Waals surface area contributed by atoms with Gasteiger partial charge in [0.05, 0.1) is 45.9 Å². The highest BCUT2D eigenvalue weighted by Gasteiger charge is 2.38. The van der Waals surface area contributed by atoms with Crippen molar-refractivity contribution in [2.75, 3.05) is 26.2 Å². The first-order valence-corrected chi connectivity index (χ1v) is 26.0. The summed E-state index contributed by atoms with van der Waals surface area (Å²) >= 11 is 0. The normalized spacial score (nSPS) is 14.5. The number of aromatic nitrogens is 8. The Morgan fingerprint density at radius 2 is 1.08 bits per heavy atom. The SMILES string of the molecule is CC(=O)c1cn(Cc2cc3c(-c4ccc(S(=O)(=O)N5CCCC5)cc4)ccnc3[nH]2)nc1C.CC(=O)c1cnn(Cc2cc3c(-c4ccc(S(=O)(=O)N5CCCC5)cc4)ccnc3[nH]2)c1C.O=C(O)C(F)(F)F. The molecule has 73 heavy (non-hydrogen) atoms. The molecule has 382 valence electrons. The minimum Gasteiger partial charge on any atom is -0.475 e. The number of hydrogen-bond donors (Lipinski definition) is 3. The lowest BCUT2D eigenvalue weighted by Crippen LogP contribution is -2.27. The van der Waals surface area contributed by atoms with Gasteiger partial charge >= 0.3 is 12.1 Å². The van der Waals surface area contributed by atoms with Crippen molar-refractivity contribution in [3.05, 3.63) is 131 Å². The maximum Gasteiger partial charge on any atom is 0.490 e. The van der Waals surface area contributed by atoms with Crippen LogP contribution >= 0.6 is 0 Å². The minimum absolute atomic E-state index is 0.00505. The van der Waals surface area contributed by atoms with Crippen LogP contribution in [0.2, 0.25) is 0 Å². The molecule has 0 amide bonds. The summed E-state index contributed by atoms with van der Waals surface area (Å²) in [5.41, 5.74) is 9.86. The highest BCUT2D eigenvalue weighted by molar-refractivity contribution is 7.89. The number of alkyl halides is 3. The molecule has 2 saturated heterocycles. The number of carbonyl (C=O) groups excluding carboxylic acids is 2. The van der Waals surface area contributed by atoms with Crippen molar-refractivity contribution in [3.63, 3.8) is 0 Å². The number of aliphatic carboxylic acids is 1. The molecular weight excluding hydrogens is 990 g/mol. The molecule has 8 aromatic rings. The molecular formula is C50H51F3N10O8S2. The number of nitrogens with zero attached hydrogens (tertiary/aromatic N) is 8. The average molecular weight is 1040 g/mol. The fourth-order valence-electron chi connectivity index (χ4n) is 8.84. The number of aromatic amines is 2. The molecule has 0 radical (unpaired) electrons. The highest BCUT2D eigenvalue weighted by Crippen LogP contribution is 2.32. The van der Waals surface area contributed by atoms with Crippen molar-refractivity contribution < 1.29 is 49.5 Å². The zero-order valence-electron chi connectivity index (χ0n) is 40.1. The molecule has 6 aromatic heterocycles. The molecule has 2 aliphatic rings. The van der Waals surface area contributed by atoms with E-state index in [0.717, 1.165) is 87.1 Å². The van der Waals surface area contributed by atoms with E-state index in [-0.39, 0.29) is 11.6 Å². The number of halogens is 3. The zero-order chi connectivity index (χ0) is 52.4. The van der Waals surface area contributed by atoms with Gasteiger partial charge in [0.2, 0.25) is 20.0 Å². The van der Waals surface area contributed by atoms with E-state index in [1.165, 1.54) is 13.8 Å². The van der Waals surface area contributed by atoms with Gasteiger partial charge in [0, 0.05) is 72.6 Å². The number of fused-ring (bicyclic) bond motifs is 2. The lowest BCUT2D eigenvalue weighted by molar-refractivity contribution is -0.192. The molecule has 0 saturated carbocycles. The van der Waals surface area contributed by atoms with Gasteiger partial charge in [-0.05, 0) is 124 Å². The quantitative estimate of drug-likeness (QED) is 0.0982. The van der Waals surface area contributed by atoms with Crippen LogP contribution in [0, 0.1) is 13.8 Å². The molecule has 3 N–H and O–H groups in total. The number of Topliss-reactive ketones (excluding diaryl/α,β-unsaturated/α-hetero) is 2. The number of aryl methyl sites for hydroxylation is 1. The summed E-state index contributed by atoms with van der Waals surface area (Å²) in [6.45, 7) is 10.1. The van der Waals surface area contributed by atoms with Gasteiger partial charge in [0.1, 0.15) is 11.3 Å². The van der Waals surface area contributed by atoms with Gasteiger partial charge in [-0.3, -0.25) is 19.0 Å². The summed E-state index contributed by atoms with van der Waals surface area (Å²) in [7, 11) is -6.88. The van der Waals surface area contributed by atoms with Crippen LogP contribution in [-0.2, 0) is 37.9 Å². The minimum atomic E-state index is -5.08. The third-order valence-corrected chi connectivity index (χ3v) is 16.4. The number of hydrogen-bond acceptors (Lipinski definition) is 11. The van der Waals surface area contributed by atoms with Crippen molar-refractivity contribution in [2.45, 2.75) is 82.4 Å². The summed E-state index contributed by atoms with van der Waals surface area (Å²) in [6, 6.07) is 22.0. The van der Waals surface area contributed by atoms with Crippen LogP contribution in [0.3, 0.4) is 0 Å². The van der Waals surface area contributed by atoms with Crippen molar-refractivity contribution in [1.82, 2.24) is 48.1 Å². The number of pyridine rings is 2. The molecule has 23 heteroatoms. The molecule has 0 atom stereocenters. The zero-order valence-corrected chi connectivity index (χ0v) is 41.8. The predicted molar refractivity (Wildman–Crippen MR) is 265 cm³/mol.